The van der Waals surface area contributed by atoms with E-state index in [4.69, 9.17) is 5.11 Å². The van der Waals surface area contributed by atoms with E-state index in [9.17, 15) is 14.4 Å². The number of carboxylic acids is 1. The molecule has 1 N–H and O–H groups in total. The van der Waals surface area contributed by atoms with Gasteiger partial charge in [0.25, 0.3) is 0 Å². The molecule has 0 aliphatic carbocycles. The molecule has 0 aromatic heterocycles. The minimum Gasteiger partial charge on any atom is -0.481 e. The molecule has 0 atom stereocenters. The molecule has 0 radical (unpaired) electrons. The van der Waals surface area contributed by atoms with Crippen LogP contribution in [-0.2, 0) is 14.4 Å². The van der Waals surface area contributed by atoms with Crippen LogP contribution in [0, 0.1) is 0 Å². The van der Waals surface area contributed by atoms with Crippen molar-refractivity contribution in [3.8, 4) is 0 Å². The Morgan fingerprint density at radius 1 is 1.00 bits per heavy atom. The minimum atomic E-state index is -0.770. The maximum atomic E-state index is 11.7. The van der Waals surface area contributed by atoms with E-state index in [0.29, 0.717) is 25.8 Å². The van der Waals surface area contributed by atoms with Crippen molar-refractivity contribution in [2.24, 2.45) is 0 Å². The number of hydrogen-bond acceptors (Lipinski definition) is 3. The summed E-state index contributed by atoms with van der Waals surface area (Å²) in [6.07, 6.45) is 5.90. The molecule has 5 nitrogen and oxygen atoms in total. The van der Waals surface area contributed by atoms with Crippen LogP contribution >= 0.6 is 0 Å². The van der Waals surface area contributed by atoms with Gasteiger partial charge in [-0.2, -0.15) is 0 Å². The van der Waals surface area contributed by atoms with Gasteiger partial charge in [0.15, 0.2) is 0 Å². The van der Waals surface area contributed by atoms with Gasteiger partial charge < -0.3 is 5.11 Å². The molecule has 1 saturated heterocycles. The Kier molecular flexibility index (Phi) is 6.39. The van der Waals surface area contributed by atoms with E-state index >= 15 is 0 Å². The predicted octanol–water partition coefficient (Wildman–Crippen LogP) is 1.95. The Balaban J connectivity index is 2.18. The highest BCUT2D eigenvalue weighted by molar-refractivity contribution is 5.95. The molecule has 0 saturated carbocycles. The number of carbonyl (C=O) groups is 3. The number of rotatable bonds is 7. The van der Waals surface area contributed by atoms with Crippen molar-refractivity contribution in [1.82, 2.24) is 4.90 Å². The number of carbonyl (C=O) groups excluding carboxylic acids is 2. The van der Waals surface area contributed by atoms with Crippen LogP contribution in [0.25, 0.3) is 0 Å². The number of unbranched alkanes of at least 4 members (excludes halogenated alkanes) is 3. The maximum Gasteiger partial charge on any atom is 0.303 e. The molecule has 102 valence electrons. The van der Waals surface area contributed by atoms with Crippen molar-refractivity contribution in [2.75, 3.05) is 6.54 Å². The fraction of sp³-hybridized carbons (Fsp3) is 0.769. The number of hydrogen-bond donors (Lipinski definition) is 1. The quantitative estimate of drug-likeness (QED) is 0.557. The molecule has 18 heavy (non-hydrogen) atoms. The standard InChI is InChI=1S/C13H21NO4/c15-11-7-4-5-8-12(16)14(11)10-6-2-1-3-9-13(17)18/h1-10H2,(H,17,18). The third-order valence-electron chi connectivity index (χ3n) is 3.16. The second-order valence-electron chi connectivity index (χ2n) is 4.70. The first kappa shape index (κ1) is 14.7. The summed E-state index contributed by atoms with van der Waals surface area (Å²) < 4.78 is 0. The van der Waals surface area contributed by atoms with Gasteiger partial charge in [0.05, 0.1) is 0 Å². The van der Waals surface area contributed by atoms with Gasteiger partial charge in [0.2, 0.25) is 11.8 Å². The van der Waals surface area contributed by atoms with Crippen molar-refractivity contribution < 1.29 is 19.5 Å². The first-order chi connectivity index (χ1) is 8.61. The van der Waals surface area contributed by atoms with Gasteiger partial charge in [0.1, 0.15) is 0 Å². The highest BCUT2D eigenvalue weighted by Gasteiger charge is 2.22. The molecule has 1 heterocycles. The fourth-order valence-corrected chi connectivity index (χ4v) is 2.11. The number of amides is 2. The molecule has 5 heteroatoms. The van der Waals surface area contributed by atoms with Gasteiger partial charge in [-0.15, -0.1) is 0 Å². The molecule has 1 aliphatic rings. The molecule has 1 aliphatic heterocycles. The molecule has 2 amide bonds. The summed E-state index contributed by atoms with van der Waals surface area (Å²) in [6.45, 7) is 0.491. The number of nitrogens with zero attached hydrogens (tertiary/aromatic N) is 1. The topological polar surface area (TPSA) is 74.7 Å². The van der Waals surface area contributed by atoms with Gasteiger partial charge in [-0.25, -0.2) is 0 Å². The van der Waals surface area contributed by atoms with Crippen LogP contribution in [0.15, 0.2) is 0 Å². The molecule has 0 bridgehead atoms. The monoisotopic (exact) mass is 255 g/mol. The van der Waals surface area contributed by atoms with Crippen LogP contribution in [-0.4, -0.2) is 34.3 Å². The Morgan fingerprint density at radius 3 is 2.11 bits per heavy atom. The van der Waals surface area contributed by atoms with Gasteiger partial charge >= 0.3 is 5.97 Å². The summed E-state index contributed by atoms with van der Waals surface area (Å²) in [4.78, 5) is 35.0. The van der Waals surface area contributed by atoms with E-state index in [1.165, 1.54) is 4.90 Å². The predicted molar refractivity (Wildman–Crippen MR) is 65.9 cm³/mol. The van der Waals surface area contributed by atoms with E-state index in [2.05, 4.69) is 0 Å². The summed E-state index contributed by atoms with van der Waals surface area (Å²) in [5.74, 6) is -0.876. The van der Waals surface area contributed by atoms with Gasteiger partial charge in [0, 0.05) is 25.8 Å². The van der Waals surface area contributed by atoms with Crippen molar-refractivity contribution in [3.05, 3.63) is 0 Å². The number of likely N-dealkylation sites (tertiary alicyclic amines) is 1. The zero-order valence-electron chi connectivity index (χ0n) is 10.7. The zero-order chi connectivity index (χ0) is 13.4. The largest absolute Gasteiger partial charge is 0.481 e. The molecule has 0 aromatic rings. The van der Waals surface area contributed by atoms with E-state index < -0.39 is 5.97 Å². The molecule has 0 spiro atoms. The minimum absolute atomic E-state index is 0.0527. The van der Waals surface area contributed by atoms with Gasteiger partial charge in [-0.3, -0.25) is 19.3 Å². The fourth-order valence-electron chi connectivity index (χ4n) is 2.11. The lowest BCUT2D eigenvalue weighted by Gasteiger charge is -2.18. The van der Waals surface area contributed by atoms with Crippen LogP contribution < -0.4 is 0 Å². The average Bonchev–Trinajstić information content (AvgIpc) is 2.47. The first-order valence-electron chi connectivity index (χ1n) is 6.66. The normalized spacial score (nSPS) is 16.8. The third kappa shape index (κ3) is 5.29. The Morgan fingerprint density at radius 2 is 1.56 bits per heavy atom. The van der Waals surface area contributed by atoms with Crippen LogP contribution in [0.1, 0.15) is 57.8 Å². The SMILES string of the molecule is O=C(O)CCCCCCN1C(=O)CCCCC1=O. The summed E-state index contributed by atoms with van der Waals surface area (Å²) in [6, 6.07) is 0. The molecule has 0 aromatic carbocycles. The lowest BCUT2D eigenvalue weighted by atomic mass is 10.1. The number of imide groups is 1. The molecule has 1 rings (SSSR count). The van der Waals surface area contributed by atoms with Gasteiger partial charge in [-0.1, -0.05) is 12.8 Å². The van der Waals surface area contributed by atoms with Crippen molar-refractivity contribution in [1.29, 1.82) is 0 Å². The Bertz CT molecular complexity index is 296. The molecule has 0 unspecified atom stereocenters. The second kappa shape index (κ2) is 7.84. The van der Waals surface area contributed by atoms with E-state index in [0.717, 1.165) is 32.1 Å². The maximum absolute atomic E-state index is 11.7. The van der Waals surface area contributed by atoms with Crippen LogP contribution in [0.3, 0.4) is 0 Å². The smallest absolute Gasteiger partial charge is 0.303 e. The zero-order valence-corrected chi connectivity index (χ0v) is 10.7. The molecule has 1 fully saturated rings. The summed E-state index contributed by atoms with van der Waals surface area (Å²) in [5.41, 5.74) is 0. The van der Waals surface area contributed by atoms with Gasteiger partial charge in [-0.05, 0) is 25.7 Å². The third-order valence-corrected chi connectivity index (χ3v) is 3.16. The van der Waals surface area contributed by atoms with Crippen molar-refractivity contribution in [3.63, 3.8) is 0 Å². The highest BCUT2D eigenvalue weighted by Crippen LogP contribution is 2.14. The second-order valence-corrected chi connectivity index (χ2v) is 4.70. The Hall–Kier alpha value is -1.39. The number of carboxylic acid groups (broad SMARTS) is 1. The number of aliphatic carboxylic acids is 1. The lowest BCUT2D eigenvalue weighted by molar-refractivity contribution is -0.144. The summed E-state index contributed by atoms with van der Waals surface area (Å²) >= 11 is 0. The van der Waals surface area contributed by atoms with E-state index in [1.54, 1.807) is 0 Å². The summed E-state index contributed by atoms with van der Waals surface area (Å²) in [7, 11) is 0. The molecular formula is C13H21NO4. The van der Waals surface area contributed by atoms with Crippen molar-refractivity contribution >= 4 is 17.8 Å². The van der Waals surface area contributed by atoms with Crippen LogP contribution in [0.5, 0.6) is 0 Å². The highest BCUT2D eigenvalue weighted by atomic mass is 16.4. The van der Waals surface area contributed by atoms with Crippen LogP contribution in [0.2, 0.25) is 0 Å². The first-order valence-corrected chi connectivity index (χ1v) is 6.66. The average molecular weight is 255 g/mol. The van der Waals surface area contributed by atoms with E-state index in [-0.39, 0.29) is 18.2 Å². The van der Waals surface area contributed by atoms with Crippen LogP contribution in [0.4, 0.5) is 0 Å². The summed E-state index contributed by atoms with van der Waals surface area (Å²) in [5, 5.41) is 8.48. The Labute approximate surface area is 107 Å². The molecular weight excluding hydrogens is 234 g/mol. The lowest BCUT2D eigenvalue weighted by Crippen LogP contribution is -2.35. The van der Waals surface area contributed by atoms with Crippen molar-refractivity contribution in [2.45, 2.75) is 57.8 Å². The van der Waals surface area contributed by atoms with E-state index in [1.807, 2.05) is 0 Å².